The molecule has 4 nitrogen and oxygen atoms in total. The van der Waals surface area contributed by atoms with Gasteiger partial charge in [-0.25, -0.2) is 0 Å². The Morgan fingerprint density at radius 2 is 1.90 bits per heavy atom. The van der Waals surface area contributed by atoms with Crippen molar-refractivity contribution in [1.29, 1.82) is 0 Å². The third kappa shape index (κ3) is 5.43. The van der Waals surface area contributed by atoms with Crippen molar-refractivity contribution in [1.82, 2.24) is 10.6 Å². The number of ether oxygens (including phenoxy) is 2. The molecule has 0 amide bonds. The average molecular weight is 294 g/mol. The van der Waals surface area contributed by atoms with Gasteiger partial charge in [0.2, 0.25) is 0 Å². The highest BCUT2D eigenvalue weighted by atomic mass is 32.1. The number of thiol groups is 1. The molecule has 0 bridgehead atoms. The molecule has 0 aromatic heterocycles. The van der Waals surface area contributed by atoms with Crippen molar-refractivity contribution < 1.29 is 9.47 Å². The molecule has 0 aliphatic carbocycles. The maximum atomic E-state index is 5.80. The molecule has 0 fully saturated rings. The highest BCUT2D eigenvalue weighted by Gasteiger charge is 2.26. The molecule has 0 spiro atoms. The summed E-state index contributed by atoms with van der Waals surface area (Å²) < 4.78 is 11.4. The van der Waals surface area contributed by atoms with Gasteiger partial charge in [-0.1, -0.05) is 18.2 Å². The second-order valence-corrected chi connectivity index (χ2v) is 5.03. The number of para-hydroxylation sites is 1. The first-order chi connectivity index (χ1) is 9.65. The van der Waals surface area contributed by atoms with Crippen molar-refractivity contribution >= 4 is 12.6 Å². The van der Waals surface area contributed by atoms with Gasteiger partial charge in [0.25, 0.3) is 0 Å². The van der Waals surface area contributed by atoms with Gasteiger partial charge < -0.3 is 9.47 Å². The maximum absolute atomic E-state index is 5.80. The molecule has 0 radical (unpaired) electrons. The van der Waals surface area contributed by atoms with Gasteiger partial charge in [-0.2, -0.15) is 12.6 Å². The van der Waals surface area contributed by atoms with Crippen LogP contribution < -0.4 is 15.4 Å². The third-order valence-electron chi connectivity index (χ3n) is 2.87. The minimum atomic E-state index is -0.720. The van der Waals surface area contributed by atoms with E-state index in [2.05, 4.69) is 29.2 Å². The summed E-state index contributed by atoms with van der Waals surface area (Å²) in [5.74, 6) is 2.69. The largest absolute Gasteiger partial charge is 0.492 e. The topological polar surface area (TPSA) is 42.5 Å². The number of hydrogen-bond donors (Lipinski definition) is 3. The molecule has 1 unspecified atom stereocenters. The Hall–Kier alpha value is -1.19. The van der Waals surface area contributed by atoms with Crippen LogP contribution in [-0.4, -0.2) is 38.4 Å². The van der Waals surface area contributed by atoms with Crippen LogP contribution in [0.3, 0.4) is 0 Å². The Kier molecular flexibility index (Phi) is 7.48. The Labute approximate surface area is 126 Å². The van der Waals surface area contributed by atoms with E-state index in [4.69, 9.17) is 15.9 Å². The van der Waals surface area contributed by atoms with Crippen molar-refractivity contribution in [2.45, 2.75) is 17.5 Å². The van der Waals surface area contributed by atoms with Gasteiger partial charge in [0.05, 0.1) is 18.3 Å². The Morgan fingerprint density at radius 3 is 2.45 bits per heavy atom. The molecule has 0 heterocycles. The van der Waals surface area contributed by atoms with E-state index in [1.807, 2.05) is 30.3 Å². The smallest absolute Gasteiger partial charge is 0.185 e. The van der Waals surface area contributed by atoms with Crippen molar-refractivity contribution in [3.05, 3.63) is 30.3 Å². The summed E-state index contributed by atoms with van der Waals surface area (Å²) in [5, 5.41) is 6.04. The van der Waals surface area contributed by atoms with Gasteiger partial charge in [-0.05, 0) is 26.2 Å². The van der Waals surface area contributed by atoms with Gasteiger partial charge in [0.15, 0.2) is 5.85 Å². The average Bonchev–Trinajstić information content (AvgIpc) is 2.50. The van der Waals surface area contributed by atoms with Gasteiger partial charge in [-0.3, -0.25) is 10.6 Å². The highest BCUT2D eigenvalue weighted by Crippen LogP contribution is 2.12. The highest BCUT2D eigenvalue weighted by molar-refractivity contribution is 7.81. The summed E-state index contributed by atoms with van der Waals surface area (Å²) in [6, 6.07) is 9.62. The molecule has 0 saturated heterocycles. The molecule has 1 aromatic rings. The first-order valence-electron chi connectivity index (χ1n) is 6.47. The third-order valence-corrected chi connectivity index (χ3v) is 3.16. The van der Waals surface area contributed by atoms with Crippen LogP contribution >= 0.6 is 12.6 Å². The van der Waals surface area contributed by atoms with E-state index in [0.29, 0.717) is 19.6 Å². The fourth-order valence-electron chi connectivity index (χ4n) is 1.64. The predicted molar refractivity (Wildman–Crippen MR) is 85.0 cm³/mol. The summed E-state index contributed by atoms with van der Waals surface area (Å²) in [6.45, 7) is 0.881. The molecular weight excluding hydrogens is 272 g/mol. The Balaban J connectivity index is 2.38. The summed E-state index contributed by atoms with van der Waals surface area (Å²) >= 11 is 4.46. The zero-order valence-electron chi connectivity index (χ0n) is 11.9. The predicted octanol–water partition coefficient (Wildman–Crippen LogP) is 1.50. The van der Waals surface area contributed by atoms with Crippen LogP contribution in [0.15, 0.2) is 30.3 Å². The number of nitrogens with one attached hydrogen (secondary N) is 2. The molecule has 110 valence electrons. The van der Waals surface area contributed by atoms with Crippen molar-refractivity contribution in [2.24, 2.45) is 0 Å². The molecule has 2 N–H and O–H groups in total. The lowest BCUT2D eigenvalue weighted by Crippen LogP contribution is -2.56. The Morgan fingerprint density at radius 1 is 1.25 bits per heavy atom. The zero-order chi connectivity index (χ0) is 14.8. The lowest BCUT2D eigenvalue weighted by atomic mass is 10.3. The standard InChI is InChI=1S/C15H22N2O2S/c1-4-10-15(16-2,17-3)19-12-14(20)11-18-13-8-6-5-7-9-13/h1,5-9,14,16-17,20H,10-12H2,2-3H3. The van der Waals surface area contributed by atoms with E-state index < -0.39 is 5.85 Å². The fraction of sp³-hybridized carbons (Fsp3) is 0.467. The Bertz CT molecular complexity index is 416. The van der Waals surface area contributed by atoms with E-state index in [9.17, 15) is 0 Å². The second-order valence-electron chi connectivity index (χ2n) is 4.30. The summed E-state index contributed by atoms with van der Waals surface area (Å²) in [5.41, 5.74) is 0. The first kappa shape index (κ1) is 16.9. The van der Waals surface area contributed by atoms with Gasteiger partial charge in [0.1, 0.15) is 12.4 Å². The molecule has 0 saturated carbocycles. The molecule has 0 aliphatic heterocycles. The van der Waals surface area contributed by atoms with Crippen LogP contribution in [0.25, 0.3) is 0 Å². The van der Waals surface area contributed by atoms with E-state index in [-0.39, 0.29) is 5.25 Å². The minimum absolute atomic E-state index is 0.0472. The van der Waals surface area contributed by atoms with Crippen molar-refractivity contribution in [3.8, 4) is 18.1 Å². The quantitative estimate of drug-likeness (QED) is 0.367. The molecule has 1 rings (SSSR count). The summed E-state index contributed by atoms with van der Waals surface area (Å²) in [6.07, 6.45) is 5.77. The molecule has 20 heavy (non-hydrogen) atoms. The van der Waals surface area contributed by atoms with Crippen molar-refractivity contribution in [3.63, 3.8) is 0 Å². The number of hydrogen-bond acceptors (Lipinski definition) is 5. The van der Waals surface area contributed by atoms with Gasteiger partial charge in [-0.15, -0.1) is 12.3 Å². The lowest BCUT2D eigenvalue weighted by Gasteiger charge is -2.32. The van der Waals surface area contributed by atoms with Crippen LogP contribution in [0.5, 0.6) is 5.75 Å². The van der Waals surface area contributed by atoms with Crippen LogP contribution in [-0.2, 0) is 4.74 Å². The van der Waals surface area contributed by atoms with Crippen LogP contribution in [0.4, 0.5) is 0 Å². The number of terminal acetylenes is 1. The van der Waals surface area contributed by atoms with Crippen LogP contribution in [0, 0.1) is 12.3 Å². The first-order valence-corrected chi connectivity index (χ1v) is 6.98. The maximum Gasteiger partial charge on any atom is 0.185 e. The molecule has 1 aromatic carbocycles. The van der Waals surface area contributed by atoms with Gasteiger partial charge in [0, 0.05) is 0 Å². The van der Waals surface area contributed by atoms with E-state index in [1.54, 1.807) is 14.1 Å². The summed E-state index contributed by atoms with van der Waals surface area (Å²) in [7, 11) is 3.59. The summed E-state index contributed by atoms with van der Waals surface area (Å²) in [4.78, 5) is 0. The molecule has 0 aliphatic rings. The van der Waals surface area contributed by atoms with E-state index in [0.717, 1.165) is 5.75 Å². The SMILES string of the molecule is C#CCC(NC)(NC)OCC(S)COc1ccccc1. The second kappa shape index (κ2) is 8.88. The zero-order valence-corrected chi connectivity index (χ0v) is 12.8. The molecular formula is C15H22N2O2S. The van der Waals surface area contributed by atoms with Crippen LogP contribution in [0.2, 0.25) is 0 Å². The normalized spacial score (nSPS) is 12.7. The number of benzene rings is 1. The van der Waals surface area contributed by atoms with Gasteiger partial charge >= 0.3 is 0 Å². The monoisotopic (exact) mass is 294 g/mol. The molecule has 5 heteroatoms. The molecule has 1 atom stereocenters. The fourth-order valence-corrected chi connectivity index (χ4v) is 1.79. The van der Waals surface area contributed by atoms with E-state index in [1.165, 1.54) is 0 Å². The lowest BCUT2D eigenvalue weighted by molar-refractivity contribution is -0.0836. The van der Waals surface area contributed by atoms with E-state index >= 15 is 0 Å². The van der Waals surface area contributed by atoms with Crippen molar-refractivity contribution in [2.75, 3.05) is 27.3 Å². The number of rotatable bonds is 9. The van der Waals surface area contributed by atoms with Crippen LogP contribution in [0.1, 0.15) is 6.42 Å². The minimum Gasteiger partial charge on any atom is -0.492 e.